The fraction of sp³-hybridized carbons (Fsp3) is 0.391. The van der Waals surface area contributed by atoms with Gasteiger partial charge in [0.2, 0.25) is 0 Å². The van der Waals surface area contributed by atoms with E-state index >= 15 is 0 Å². The van der Waals surface area contributed by atoms with Crippen LogP contribution in [0.1, 0.15) is 38.2 Å². The number of carbonyl (C=O) groups is 1. The average Bonchev–Trinajstić information content (AvgIpc) is 3.06. The minimum atomic E-state index is -0.212. The summed E-state index contributed by atoms with van der Waals surface area (Å²) >= 11 is 0. The number of ether oxygens (including phenoxy) is 1. The van der Waals surface area contributed by atoms with E-state index in [-0.39, 0.29) is 12.5 Å². The Morgan fingerprint density at radius 3 is 2.41 bits per heavy atom. The molecule has 154 valence electrons. The van der Waals surface area contributed by atoms with E-state index in [9.17, 15) is 4.79 Å². The van der Waals surface area contributed by atoms with Gasteiger partial charge >= 0.3 is 0 Å². The molecule has 2 N–H and O–H groups in total. The number of nitrogens with zero attached hydrogens (tertiary/aromatic N) is 2. The molecule has 0 aliphatic carbocycles. The number of hydrogen-bond acceptors (Lipinski definition) is 5. The van der Waals surface area contributed by atoms with Gasteiger partial charge in [-0.3, -0.25) is 4.79 Å². The summed E-state index contributed by atoms with van der Waals surface area (Å²) in [6, 6.07) is 15.9. The van der Waals surface area contributed by atoms with Gasteiger partial charge in [0.1, 0.15) is 5.75 Å². The van der Waals surface area contributed by atoms with Gasteiger partial charge in [-0.2, -0.15) is 5.10 Å². The van der Waals surface area contributed by atoms with E-state index in [1.165, 1.54) is 31.4 Å². The van der Waals surface area contributed by atoms with Gasteiger partial charge in [-0.05, 0) is 49.6 Å². The molecule has 1 fully saturated rings. The molecule has 6 nitrogen and oxygen atoms in total. The van der Waals surface area contributed by atoms with Crippen molar-refractivity contribution < 1.29 is 9.53 Å². The van der Waals surface area contributed by atoms with Crippen molar-refractivity contribution in [3.63, 3.8) is 0 Å². The zero-order valence-corrected chi connectivity index (χ0v) is 17.3. The number of methoxy groups -OCH3 is 1. The standard InChI is InChI=1S/C23H30N4O2/c1-18(19-11-13-20(14-12-19)27-15-7-3-4-8-16-27)25-26-23(28)17-24-21-9-5-6-10-22(21)29-2/h5-6,9-14,24H,3-4,7-8,15-17H2,1-2H3,(H,26,28)/b25-18+. The van der Waals surface area contributed by atoms with Crippen LogP contribution in [0.3, 0.4) is 0 Å². The molecule has 3 rings (SSSR count). The lowest BCUT2D eigenvalue weighted by Crippen LogP contribution is -2.27. The van der Waals surface area contributed by atoms with Crippen molar-refractivity contribution in [1.82, 2.24) is 5.43 Å². The second kappa shape index (κ2) is 10.5. The maximum absolute atomic E-state index is 12.1. The minimum absolute atomic E-state index is 0.116. The van der Waals surface area contributed by atoms with Gasteiger partial charge < -0.3 is 15.0 Å². The molecule has 1 amide bonds. The fourth-order valence-corrected chi connectivity index (χ4v) is 3.46. The van der Waals surface area contributed by atoms with E-state index in [0.29, 0.717) is 5.75 Å². The van der Waals surface area contributed by atoms with Gasteiger partial charge in [0.25, 0.3) is 5.91 Å². The topological polar surface area (TPSA) is 66.0 Å². The predicted octanol–water partition coefficient (Wildman–Crippen LogP) is 4.03. The first kappa shape index (κ1) is 20.7. The van der Waals surface area contributed by atoms with Crippen LogP contribution >= 0.6 is 0 Å². The fourth-order valence-electron chi connectivity index (χ4n) is 3.46. The number of anilines is 2. The molecule has 2 aromatic carbocycles. The Hall–Kier alpha value is -3.02. The molecule has 0 spiro atoms. The van der Waals surface area contributed by atoms with Crippen molar-refractivity contribution in [1.29, 1.82) is 0 Å². The summed E-state index contributed by atoms with van der Waals surface area (Å²) in [5.74, 6) is 0.487. The number of nitrogens with one attached hydrogen (secondary N) is 2. The van der Waals surface area contributed by atoms with Crippen molar-refractivity contribution in [3.8, 4) is 5.75 Å². The number of carbonyl (C=O) groups excluding carboxylic acids is 1. The molecule has 0 atom stereocenters. The van der Waals surface area contributed by atoms with Crippen LogP contribution in [0.25, 0.3) is 0 Å². The van der Waals surface area contributed by atoms with Gasteiger partial charge in [0.05, 0.1) is 25.1 Å². The second-order valence-corrected chi connectivity index (χ2v) is 7.23. The van der Waals surface area contributed by atoms with Crippen LogP contribution in [-0.4, -0.2) is 38.4 Å². The Bertz CT molecular complexity index is 825. The van der Waals surface area contributed by atoms with E-state index in [1.54, 1.807) is 7.11 Å². The van der Waals surface area contributed by atoms with Crippen LogP contribution in [0.5, 0.6) is 5.75 Å². The van der Waals surface area contributed by atoms with Crippen LogP contribution in [0.4, 0.5) is 11.4 Å². The van der Waals surface area contributed by atoms with Gasteiger partial charge in [-0.25, -0.2) is 5.43 Å². The highest BCUT2D eigenvalue weighted by Crippen LogP contribution is 2.22. The summed E-state index contributed by atoms with van der Waals surface area (Å²) in [4.78, 5) is 14.6. The number of amides is 1. The van der Waals surface area contributed by atoms with Crippen LogP contribution in [0, 0.1) is 0 Å². The Labute approximate surface area is 172 Å². The van der Waals surface area contributed by atoms with Crippen LogP contribution in [0.2, 0.25) is 0 Å². The van der Waals surface area contributed by atoms with Crippen molar-refractivity contribution in [2.45, 2.75) is 32.6 Å². The Kier molecular flexibility index (Phi) is 7.50. The maximum Gasteiger partial charge on any atom is 0.259 e. The highest BCUT2D eigenvalue weighted by molar-refractivity contribution is 5.99. The number of rotatable bonds is 7. The summed E-state index contributed by atoms with van der Waals surface area (Å²) in [6.07, 6.45) is 5.17. The molecule has 0 unspecified atom stereocenters. The molecule has 2 aromatic rings. The number of benzene rings is 2. The van der Waals surface area contributed by atoms with Crippen LogP contribution < -0.4 is 20.4 Å². The lowest BCUT2D eigenvalue weighted by Gasteiger charge is -2.22. The summed E-state index contributed by atoms with van der Waals surface area (Å²) in [6.45, 7) is 4.27. The van der Waals surface area contributed by atoms with Crippen molar-refractivity contribution in [3.05, 3.63) is 54.1 Å². The molecule has 0 aromatic heterocycles. The van der Waals surface area contributed by atoms with Crippen molar-refractivity contribution >= 4 is 23.0 Å². The van der Waals surface area contributed by atoms with Crippen molar-refractivity contribution in [2.75, 3.05) is 37.0 Å². The molecule has 1 heterocycles. The zero-order chi connectivity index (χ0) is 20.5. The molecular weight excluding hydrogens is 364 g/mol. The maximum atomic E-state index is 12.1. The number of hydrazone groups is 1. The largest absolute Gasteiger partial charge is 0.495 e. The van der Waals surface area contributed by atoms with Gasteiger partial charge in [-0.15, -0.1) is 0 Å². The Morgan fingerprint density at radius 2 is 1.72 bits per heavy atom. The average molecular weight is 395 g/mol. The van der Waals surface area contributed by atoms with Gasteiger partial charge in [-0.1, -0.05) is 37.1 Å². The molecule has 0 saturated carbocycles. The SMILES string of the molecule is COc1ccccc1NCC(=O)N/N=C(\C)c1ccc(N2CCCCCC2)cc1. The first-order chi connectivity index (χ1) is 14.2. The summed E-state index contributed by atoms with van der Waals surface area (Å²) < 4.78 is 5.27. The third kappa shape index (κ3) is 5.98. The van der Waals surface area contributed by atoms with Gasteiger partial charge in [0, 0.05) is 18.8 Å². The molecule has 0 bridgehead atoms. The second-order valence-electron chi connectivity index (χ2n) is 7.23. The normalized spacial score (nSPS) is 14.8. The highest BCUT2D eigenvalue weighted by atomic mass is 16.5. The first-order valence-electron chi connectivity index (χ1n) is 10.2. The Balaban J connectivity index is 1.52. The minimum Gasteiger partial charge on any atom is -0.495 e. The quantitative estimate of drug-likeness (QED) is 0.550. The lowest BCUT2D eigenvalue weighted by atomic mass is 10.1. The van der Waals surface area contributed by atoms with Crippen molar-refractivity contribution in [2.24, 2.45) is 5.10 Å². The molecule has 1 aliphatic rings. The van der Waals surface area contributed by atoms with E-state index in [4.69, 9.17) is 4.74 Å². The zero-order valence-electron chi connectivity index (χ0n) is 17.3. The third-order valence-corrected chi connectivity index (χ3v) is 5.15. The van der Waals surface area contributed by atoms with Crippen LogP contribution in [-0.2, 0) is 4.79 Å². The molecular formula is C23H30N4O2. The molecule has 1 aliphatic heterocycles. The monoisotopic (exact) mass is 394 g/mol. The lowest BCUT2D eigenvalue weighted by molar-refractivity contribution is -0.119. The van der Waals surface area contributed by atoms with E-state index in [2.05, 4.69) is 45.0 Å². The number of para-hydroxylation sites is 2. The van der Waals surface area contributed by atoms with E-state index in [0.717, 1.165) is 30.1 Å². The van der Waals surface area contributed by atoms with Gasteiger partial charge in [0.15, 0.2) is 0 Å². The molecule has 29 heavy (non-hydrogen) atoms. The molecule has 0 radical (unpaired) electrons. The molecule has 1 saturated heterocycles. The van der Waals surface area contributed by atoms with E-state index < -0.39 is 0 Å². The smallest absolute Gasteiger partial charge is 0.259 e. The van der Waals surface area contributed by atoms with Crippen LogP contribution in [0.15, 0.2) is 53.6 Å². The summed E-state index contributed by atoms with van der Waals surface area (Å²) in [5.41, 5.74) is 6.42. The Morgan fingerprint density at radius 1 is 1.03 bits per heavy atom. The highest BCUT2D eigenvalue weighted by Gasteiger charge is 2.10. The molecule has 6 heteroatoms. The summed E-state index contributed by atoms with van der Waals surface area (Å²) in [5, 5.41) is 7.30. The predicted molar refractivity (Wildman–Crippen MR) is 119 cm³/mol. The number of hydrogen-bond donors (Lipinski definition) is 2. The summed E-state index contributed by atoms with van der Waals surface area (Å²) in [7, 11) is 1.60. The third-order valence-electron chi connectivity index (χ3n) is 5.15. The van der Waals surface area contributed by atoms with E-state index in [1.807, 2.05) is 31.2 Å². The first-order valence-corrected chi connectivity index (χ1v) is 10.2.